The van der Waals surface area contributed by atoms with Gasteiger partial charge >= 0.3 is 0 Å². The van der Waals surface area contributed by atoms with Gasteiger partial charge in [0.1, 0.15) is 4.90 Å². The number of rotatable bonds is 3. The molecular weight excluding hydrogens is 384 g/mol. The largest absolute Gasteiger partial charge is 0.337 e. The number of amides is 1. The van der Waals surface area contributed by atoms with Crippen LogP contribution < -0.4 is 0 Å². The van der Waals surface area contributed by atoms with Crippen LogP contribution in [0, 0.1) is 0 Å². The van der Waals surface area contributed by atoms with Crippen molar-refractivity contribution in [3.8, 4) is 0 Å². The molecule has 9 heteroatoms. The molecule has 0 aliphatic carbocycles. The van der Waals surface area contributed by atoms with Gasteiger partial charge in [-0.3, -0.25) is 9.48 Å². The molecule has 0 unspecified atom stereocenters. The lowest BCUT2D eigenvalue weighted by Gasteiger charge is -2.21. The second kappa shape index (κ2) is 7.06. The maximum atomic E-state index is 12.9. The lowest BCUT2D eigenvalue weighted by atomic mass is 10.2. The van der Waals surface area contributed by atoms with Gasteiger partial charge in [0.2, 0.25) is 10.0 Å². The Kier molecular flexibility index (Phi) is 4.75. The highest BCUT2D eigenvalue weighted by atomic mass is 32.2. The monoisotopic (exact) mass is 404 g/mol. The van der Waals surface area contributed by atoms with E-state index in [-0.39, 0.29) is 17.3 Å². The lowest BCUT2D eigenvalue weighted by molar-refractivity contribution is 0.0769. The summed E-state index contributed by atoms with van der Waals surface area (Å²) in [5.41, 5.74) is 0. The molecule has 0 atom stereocenters. The topological polar surface area (TPSA) is 75.5 Å². The molecule has 1 amide bonds. The summed E-state index contributed by atoms with van der Waals surface area (Å²) in [5.74, 6) is -0.0307. The molecule has 0 radical (unpaired) electrons. The first-order valence-corrected chi connectivity index (χ1v) is 11.0. The van der Waals surface area contributed by atoms with Gasteiger partial charge in [0, 0.05) is 44.1 Å². The Morgan fingerprint density at radius 3 is 2.70 bits per heavy atom. The van der Waals surface area contributed by atoms with Gasteiger partial charge in [0.25, 0.3) is 5.91 Å². The van der Waals surface area contributed by atoms with Gasteiger partial charge in [-0.1, -0.05) is 18.2 Å². The number of nitrogens with zero attached hydrogens (tertiary/aromatic N) is 4. The molecule has 3 aromatic rings. The van der Waals surface area contributed by atoms with Crippen LogP contribution in [0.5, 0.6) is 0 Å². The Morgan fingerprint density at radius 1 is 1.15 bits per heavy atom. The normalized spacial score (nSPS) is 16.6. The van der Waals surface area contributed by atoms with E-state index >= 15 is 0 Å². The van der Waals surface area contributed by atoms with Crippen LogP contribution in [-0.2, 0) is 17.1 Å². The average Bonchev–Trinajstić information content (AvgIpc) is 3.20. The van der Waals surface area contributed by atoms with Crippen molar-refractivity contribution < 1.29 is 13.2 Å². The second-order valence-electron chi connectivity index (χ2n) is 6.55. The van der Waals surface area contributed by atoms with Gasteiger partial charge in [-0.15, -0.1) is 11.3 Å². The minimum Gasteiger partial charge on any atom is -0.337 e. The number of thiophene rings is 1. The third-order valence-corrected chi connectivity index (χ3v) is 7.65. The summed E-state index contributed by atoms with van der Waals surface area (Å²) in [5, 5.41) is 5.01. The molecule has 1 aliphatic heterocycles. The summed E-state index contributed by atoms with van der Waals surface area (Å²) in [7, 11) is -1.90. The summed E-state index contributed by atoms with van der Waals surface area (Å²) in [6.07, 6.45) is 3.47. The SMILES string of the molecule is Cn1cc(S(=O)(=O)N2CCCN(C(=O)c3cc4ccccc4s3)CC2)cn1. The molecule has 7 nitrogen and oxygen atoms in total. The summed E-state index contributed by atoms with van der Waals surface area (Å²) in [4.78, 5) is 15.5. The third-order valence-electron chi connectivity index (χ3n) is 4.70. The standard InChI is InChI=1S/C18H20N4O3S2/c1-20-13-15(12-19-20)27(24,25)22-8-4-7-21(9-10-22)18(23)17-11-14-5-2-3-6-16(14)26-17/h2-3,5-6,11-13H,4,7-10H2,1H3. The van der Waals surface area contributed by atoms with Gasteiger partial charge in [-0.25, -0.2) is 8.42 Å². The minimum atomic E-state index is -3.58. The van der Waals surface area contributed by atoms with Crippen molar-refractivity contribution in [2.45, 2.75) is 11.3 Å². The quantitative estimate of drug-likeness (QED) is 0.671. The van der Waals surface area contributed by atoms with E-state index in [9.17, 15) is 13.2 Å². The van der Waals surface area contributed by atoms with Crippen LogP contribution in [0.15, 0.2) is 47.6 Å². The van der Waals surface area contributed by atoms with Crippen LogP contribution in [0.3, 0.4) is 0 Å². The minimum absolute atomic E-state index is 0.0307. The maximum absolute atomic E-state index is 12.9. The molecule has 142 valence electrons. The summed E-state index contributed by atoms with van der Waals surface area (Å²) >= 11 is 1.48. The number of fused-ring (bicyclic) bond motifs is 1. The molecule has 0 saturated carbocycles. The van der Waals surface area contributed by atoms with Crippen LogP contribution in [0.1, 0.15) is 16.1 Å². The molecule has 2 aromatic heterocycles. The highest BCUT2D eigenvalue weighted by Gasteiger charge is 2.29. The van der Waals surface area contributed by atoms with Crippen LogP contribution in [-0.4, -0.2) is 59.5 Å². The van der Waals surface area contributed by atoms with Gasteiger partial charge in [0.05, 0.1) is 11.1 Å². The van der Waals surface area contributed by atoms with Gasteiger partial charge in [-0.05, 0) is 23.9 Å². The van der Waals surface area contributed by atoms with E-state index in [0.29, 0.717) is 30.9 Å². The van der Waals surface area contributed by atoms with Crippen molar-refractivity contribution in [1.29, 1.82) is 0 Å². The number of aromatic nitrogens is 2. The Labute approximate surface area is 161 Å². The van der Waals surface area contributed by atoms with Crippen molar-refractivity contribution in [2.75, 3.05) is 26.2 Å². The van der Waals surface area contributed by atoms with Crippen molar-refractivity contribution in [2.24, 2.45) is 7.05 Å². The summed E-state index contributed by atoms with van der Waals surface area (Å²) in [6, 6.07) is 9.82. The van der Waals surface area contributed by atoms with Crippen LogP contribution in [0.4, 0.5) is 0 Å². The van der Waals surface area contributed by atoms with Crippen molar-refractivity contribution in [1.82, 2.24) is 19.0 Å². The fraction of sp³-hybridized carbons (Fsp3) is 0.333. The first-order valence-electron chi connectivity index (χ1n) is 8.72. The molecular formula is C18H20N4O3S2. The van der Waals surface area contributed by atoms with E-state index in [0.717, 1.165) is 10.1 Å². The molecule has 0 bridgehead atoms. The van der Waals surface area contributed by atoms with Crippen LogP contribution in [0.2, 0.25) is 0 Å². The number of hydrogen-bond donors (Lipinski definition) is 0. The number of sulfonamides is 1. The van der Waals surface area contributed by atoms with Crippen molar-refractivity contribution >= 4 is 37.4 Å². The Balaban J connectivity index is 1.50. The van der Waals surface area contributed by atoms with E-state index in [1.807, 2.05) is 30.3 Å². The van der Waals surface area contributed by atoms with Crippen LogP contribution in [0.25, 0.3) is 10.1 Å². The zero-order chi connectivity index (χ0) is 19.0. The van der Waals surface area contributed by atoms with E-state index in [2.05, 4.69) is 5.10 Å². The van der Waals surface area contributed by atoms with E-state index < -0.39 is 10.0 Å². The predicted molar refractivity (Wildman–Crippen MR) is 104 cm³/mol. The summed E-state index contributed by atoms with van der Waals surface area (Å²) in [6.45, 7) is 1.61. The number of hydrogen-bond acceptors (Lipinski definition) is 5. The third kappa shape index (κ3) is 3.50. The molecule has 0 N–H and O–H groups in total. The highest BCUT2D eigenvalue weighted by Crippen LogP contribution is 2.27. The second-order valence-corrected chi connectivity index (χ2v) is 9.57. The molecule has 0 spiro atoms. The number of carbonyl (C=O) groups excluding carboxylic acids is 1. The molecule has 4 rings (SSSR count). The maximum Gasteiger partial charge on any atom is 0.264 e. The van der Waals surface area contributed by atoms with E-state index in [1.54, 1.807) is 11.9 Å². The zero-order valence-electron chi connectivity index (χ0n) is 14.9. The first-order chi connectivity index (χ1) is 12.9. The molecule has 1 aliphatic rings. The summed E-state index contributed by atoms with van der Waals surface area (Å²) < 4.78 is 29.6. The fourth-order valence-corrected chi connectivity index (χ4v) is 5.75. The fourth-order valence-electron chi connectivity index (χ4n) is 3.26. The number of aryl methyl sites for hydroxylation is 1. The first kappa shape index (κ1) is 18.1. The van der Waals surface area contributed by atoms with E-state index in [1.165, 1.54) is 32.7 Å². The Hall–Kier alpha value is -2.23. The molecule has 1 saturated heterocycles. The average molecular weight is 405 g/mol. The van der Waals surface area contributed by atoms with E-state index in [4.69, 9.17) is 0 Å². The Morgan fingerprint density at radius 2 is 1.96 bits per heavy atom. The smallest absolute Gasteiger partial charge is 0.264 e. The molecule has 1 aromatic carbocycles. The number of carbonyl (C=O) groups is 1. The van der Waals surface area contributed by atoms with Crippen LogP contribution >= 0.6 is 11.3 Å². The molecule has 3 heterocycles. The molecule has 1 fully saturated rings. The Bertz CT molecular complexity index is 1050. The van der Waals surface area contributed by atoms with Gasteiger partial charge in [0.15, 0.2) is 0 Å². The highest BCUT2D eigenvalue weighted by molar-refractivity contribution is 7.89. The van der Waals surface area contributed by atoms with Gasteiger partial charge in [-0.2, -0.15) is 9.40 Å². The van der Waals surface area contributed by atoms with Crippen molar-refractivity contribution in [3.05, 3.63) is 47.6 Å². The lowest BCUT2D eigenvalue weighted by Crippen LogP contribution is -2.37. The van der Waals surface area contributed by atoms with Crippen molar-refractivity contribution in [3.63, 3.8) is 0 Å². The predicted octanol–water partition coefficient (Wildman–Crippen LogP) is 2.17. The van der Waals surface area contributed by atoms with Gasteiger partial charge < -0.3 is 4.90 Å². The zero-order valence-corrected chi connectivity index (χ0v) is 16.5. The number of benzene rings is 1. The molecule has 27 heavy (non-hydrogen) atoms.